The Hall–Kier alpha value is -2.50. The second-order valence-corrected chi connectivity index (χ2v) is 6.40. The van der Waals surface area contributed by atoms with E-state index in [4.69, 9.17) is 9.47 Å². The smallest absolute Gasteiger partial charge is 0.338 e. The lowest BCUT2D eigenvalue weighted by Gasteiger charge is -2.33. The first-order chi connectivity index (χ1) is 11.5. The maximum atomic E-state index is 12.6. The van der Waals surface area contributed by atoms with Gasteiger partial charge in [-0.3, -0.25) is 4.90 Å². The summed E-state index contributed by atoms with van der Waals surface area (Å²) in [4.78, 5) is 26.5. The molecule has 2 aliphatic rings. The molecule has 0 radical (unpaired) electrons. The Morgan fingerprint density at radius 3 is 2.79 bits per heavy atom. The molecule has 2 heterocycles. The van der Waals surface area contributed by atoms with Crippen molar-refractivity contribution >= 4 is 12.0 Å². The topological polar surface area (TPSA) is 67.9 Å². The summed E-state index contributed by atoms with van der Waals surface area (Å²) in [5.41, 5.74) is 1.92. The highest BCUT2D eigenvalue weighted by Crippen LogP contribution is 2.38. The molecule has 0 saturated carbocycles. The van der Waals surface area contributed by atoms with Crippen molar-refractivity contribution in [3.8, 4) is 5.75 Å². The third kappa shape index (κ3) is 2.84. The van der Waals surface area contributed by atoms with Crippen LogP contribution in [-0.2, 0) is 9.53 Å². The molecular weight excluding hydrogens is 308 g/mol. The van der Waals surface area contributed by atoms with Gasteiger partial charge in [0.05, 0.1) is 24.4 Å². The van der Waals surface area contributed by atoms with Gasteiger partial charge in [0.25, 0.3) is 0 Å². The molecule has 6 heteroatoms. The number of nitrogens with one attached hydrogen (secondary N) is 1. The summed E-state index contributed by atoms with van der Waals surface area (Å²) in [5.74, 6) is 0.715. The lowest BCUT2D eigenvalue weighted by Crippen LogP contribution is -2.47. The number of nitrogens with zero attached hydrogens (tertiary/aromatic N) is 1. The third-order valence-electron chi connectivity index (χ3n) is 4.38. The molecule has 0 aromatic heterocycles. The molecule has 2 amide bonds. The van der Waals surface area contributed by atoms with E-state index in [9.17, 15) is 9.59 Å². The van der Waals surface area contributed by atoms with Crippen molar-refractivity contribution in [3.63, 3.8) is 0 Å². The lowest BCUT2D eigenvalue weighted by atomic mass is 9.94. The van der Waals surface area contributed by atoms with Gasteiger partial charge in [0, 0.05) is 12.1 Å². The quantitative estimate of drug-likeness (QED) is 0.843. The van der Waals surface area contributed by atoms with E-state index >= 15 is 0 Å². The highest BCUT2D eigenvalue weighted by Gasteiger charge is 2.42. The highest BCUT2D eigenvalue weighted by molar-refractivity contribution is 5.97. The Morgan fingerprint density at radius 2 is 2.08 bits per heavy atom. The second kappa shape index (κ2) is 6.55. The standard InChI is InChI=1S/C18H22N2O4/c1-11(2)8-9-20-13-10-24-17(21)15(13)16(19-18(20)22)12-6-4-5-7-14(12)23-3/h4-7,11,16H,8-10H2,1-3H3,(H,19,22)/t16-/m0/s1. The minimum absolute atomic E-state index is 0.144. The normalized spacial score (nSPS) is 20.2. The molecule has 2 aliphatic heterocycles. The zero-order valence-corrected chi connectivity index (χ0v) is 14.2. The predicted octanol–water partition coefficient (Wildman–Crippen LogP) is 2.62. The number of hydrogen-bond donors (Lipinski definition) is 1. The van der Waals surface area contributed by atoms with E-state index in [1.54, 1.807) is 12.0 Å². The number of esters is 1. The first kappa shape index (κ1) is 16.4. The van der Waals surface area contributed by atoms with Crippen LogP contribution < -0.4 is 10.1 Å². The number of ether oxygens (including phenoxy) is 2. The van der Waals surface area contributed by atoms with Gasteiger partial charge in [-0.25, -0.2) is 9.59 Å². The van der Waals surface area contributed by atoms with Gasteiger partial charge >= 0.3 is 12.0 Å². The molecule has 24 heavy (non-hydrogen) atoms. The molecule has 3 rings (SSSR count). The summed E-state index contributed by atoms with van der Waals surface area (Å²) >= 11 is 0. The minimum atomic E-state index is -0.547. The number of amides is 2. The molecule has 0 saturated heterocycles. The number of rotatable bonds is 5. The average molecular weight is 330 g/mol. The first-order valence-corrected chi connectivity index (χ1v) is 8.14. The van der Waals surface area contributed by atoms with E-state index in [2.05, 4.69) is 19.2 Å². The zero-order valence-electron chi connectivity index (χ0n) is 14.2. The van der Waals surface area contributed by atoms with Crippen LogP contribution >= 0.6 is 0 Å². The lowest BCUT2D eigenvalue weighted by molar-refractivity contribution is -0.136. The maximum absolute atomic E-state index is 12.6. The van der Waals surface area contributed by atoms with Crippen LogP contribution in [0.5, 0.6) is 5.75 Å². The molecular formula is C18H22N2O4. The number of benzene rings is 1. The fourth-order valence-electron chi connectivity index (χ4n) is 3.07. The van der Waals surface area contributed by atoms with Crippen LogP contribution in [0.4, 0.5) is 4.79 Å². The van der Waals surface area contributed by atoms with Crippen molar-refractivity contribution in [1.82, 2.24) is 10.2 Å². The Labute approximate surface area is 141 Å². The van der Waals surface area contributed by atoms with Crippen LogP contribution in [0, 0.1) is 5.92 Å². The highest BCUT2D eigenvalue weighted by atomic mass is 16.5. The number of hydrogen-bond acceptors (Lipinski definition) is 4. The van der Waals surface area contributed by atoms with Gasteiger partial charge in [-0.05, 0) is 18.4 Å². The molecule has 1 atom stereocenters. The van der Waals surface area contributed by atoms with Gasteiger partial charge in [-0.15, -0.1) is 0 Å². The zero-order chi connectivity index (χ0) is 17.3. The van der Waals surface area contributed by atoms with Gasteiger partial charge in [-0.1, -0.05) is 32.0 Å². The number of cyclic esters (lactones) is 1. The van der Waals surface area contributed by atoms with Gasteiger partial charge in [0.1, 0.15) is 12.4 Å². The van der Waals surface area contributed by atoms with E-state index in [0.29, 0.717) is 29.5 Å². The van der Waals surface area contributed by atoms with Gasteiger partial charge in [0.15, 0.2) is 0 Å². The van der Waals surface area contributed by atoms with Gasteiger partial charge in [0.2, 0.25) is 0 Å². The molecule has 0 unspecified atom stereocenters. The molecule has 128 valence electrons. The fraction of sp³-hybridized carbons (Fsp3) is 0.444. The Balaban J connectivity index is 2.01. The van der Waals surface area contributed by atoms with Crippen LogP contribution in [0.3, 0.4) is 0 Å². The van der Waals surface area contributed by atoms with E-state index in [0.717, 1.165) is 12.0 Å². The minimum Gasteiger partial charge on any atom is -0.496 e. The number of carbonyl (C=O) groups is 2. The molecule has 1 N–H and O–H groups in total. The fourth-order valence-corrected chi connectivity index (χ4v) is 3.07. The second-order valence-electron chi connectivity index (χ2n) is 6.40. The molecule has 1 aromatic rings. The number of urea groups is 1. The summed E-state index contributed by atoms with van der Waals surface area (Å²) in [6.45, 7) is 4.92. The molecule has 0 aliphatic carbocycles. The summed E-state index contributed by atoms with van der Waals surface area (Å²) < 4.78 is 10.6. The molecule has 6 nitrogen and oxygen atoms in total. The summed E-state index contributed by atoms with van der Waals surface area (Å²) in [6.07, 6.45) is 0.859. The number of carbonyl (C=O) groups excluding carboxylic acids is 2. The third-order valence-corrected chi connectivity index (χ3v) is 4.38. The van der Waals surface area contributed by atoms with Gasteiger partial charge in [-0.2, -0.15) is 0 Å². The van der Waals surface area contributed by atoms with Crippen molar-refractivity contribution in [2.75, 3.05) is 20.3 Å². The van der Waals surface area contributed by atoms with Crippen molar-refractivity contribution < 1.29 is 19.1 Å². The molecule has 0 spiro atoms. The van der Waals surface area contributed by atoms with E-state index in [1.165, 1.54) is 0 Å². The average Bonchev–Trinajstić information content (AvgIpc) is 2.95. The van der Waals surface area contributed by atoms with Crippen LogP contribution in [-0.4, -0.2) is 37.2 Å². The Kier molecular flexibility index (Phi) is 4.46. The van der Waals surface area contributed by atoms with E-state index in [-0.39, 0.29) is 18.6 Å². The van der Waals surface area contributed by atoms with Crippen molar-refractivity contribution in [1.29, 1.82) is 0 Å². The summed E-state index contributed by atoms with van der Waals surface area (Å²) in [5, 5.41) is 2.93. The van der Waals surface area contributed by atoms with E-state index < -0.39 is 6.04 Å². The van der Waals surface area contributed by atoms with E-state index in [1.807, 2.05) is 24.3 Å². The maximum Gasteiger partial charge on any atom is 0.338 e. The predicted molar refractivity (Wildman–Crippen MR) is 88.4 cm³/mol. The molecule has 0 bridgehead atoms. The van der Waals surface area contributed by atoms with Crippen LogP contribution in [0.25, 0.3) is 0 Å². The van der Waals surface area contributed by atoms with Crippen molar-refractivity contribution in [3.05, 3.63) is 41.1 Å². The SMILES string of the molecule is COc1ccccc1[C@@H]1NC(=O)N(CCC(C)C)C2=C1C(=O)OC2. The van der Waals surface area contributed by atoms with Gasteiger partial charge < -0.3 is 14.8 Å². The largest absolute Gasteiger partial charge is 0.496 e. The molecule has 1 aromatic carbocycles. The van der Waals surface area contributed by atoms with Crippen molar-refractivity contribution in [2.24, 2.45) is 5.92 Å². The van der Waals surface area contributed by atoms with Crippen LogP contribution in [0.15, 0.2) is 35.5 Å². The summed E-state index contributed by atoms with van der Waals surface area (Å²) in [6, 6.07) is 6.62. The van der Waals surface area contributed by atoms with Crippen LogP contribution in [0.2, 0.25) is 0 Å². The van der Waals surface area contributed by atoms with Crippen molar-refractivity contribution in [2.45, 2.75) is 26.3 Å². The van der Waals surface area contributed by atoms with Crippen LogP contribution in [0.1, 0.15) is 31.9 Å². The number of para-hydroxylation sites is 1. The molecule has 0 fully saturated rings. The monoisotopic (exact) mass is 330 g/mol. The number of methoxy groups -OCH3 is 1. The Morgan fingerprint density at radius 1 is 1.33 bits per heavy atom. The first-order valence-electron chi connectivity index (χ1n) is 8.14. The summed E-state index contributed by atoms with van der Waals surface area (Å²) in [7, 11) is 1.57. The Bertz CT molecular complexity index is 696.